The molecule has 0 aliphatic carbocycles. The zero-order valence-electron chi connectivity index (χ0n) is 12.1. The number of benzene rings is 1. The van der Waals surface area contributed by atoms with Crippen LogP contribution in [0.3, 0.4) is 0 Å². The lowest BCUT2D eigenvalue weighted by Crippen LogP contribution is -2.25. The summed E-state index contributed by atoms with van der Waals surface area (Å²) in [6.07, 6.45) is 5.41. The lowest BCUT2D eigenvalue weighted by atomic mass is 10.1. The number of furan rings is 1. The summed E-state index contributed by atoms with van der Waals surface area (Å²) in [4.78, 5) is 13.8. The molecule has 1 aliphatic rings. The fourth-order valence-corrected chi connectivity index (χ4v) is 2.80. The predicted octanol–water partition coefficient (Wildman–Crippen LogP) is 3.82. The summed E-state index contributed by atoms with van der Waals surface area (Å²) >= 11 is 6.17. The van der Waals surface area contributed by atoms with Gasteiger partial charge in [0.05, 0.1) is 5.02 Å². The number of nitrogens with zero attached hydrogens (tertiary/aromatic N) is 1. The van der Waals surface area contributed by atoms with E-state index in [4.69, 9.17) is 21.8 Å². The Hall–Kier alpha value is -2.20. The van der Waals surface area contributed by atoms with Crippen LogP contribution in [0, 0.1) is 0 Å². The molecule has 22 heavy (non-hydrogen) atoms. The summed E-state index contributed by atoms with van der Waals surface area (Å²) in [6.45, 7) is 1.68. The van der Waals surface area contributed by atoms with E-state index in [1.807, 2.05) is 23.1 Å². The first-order chi connectivity index (χ1) is 10.6. The Bertz CT molecular complexity index is 715. The summed E-state index contributed by atoms with van der Waals surface area (Å²) in [5.74, 6) is 1.30. The normalized spacial score (nSPS) is 14.9. The minimum atomic E-state index is 0.0287. The van der Waals surface area contributed by atoms with E-state index < -0.39 is 0 Å². The SMILES string of the molecule is Nc1ccc(-c2ccc(/C=C/C(=O)N3CCCC3)o2)c(Cl)c1. The molecule has 1 fully saturated rings. The molecule has 0 atom stereocenters. The van der Waals surface area contributed by atoms with Gasteiger partial charge in [0.15, 0.2) is 0 Å². The Morgan fingerprint density at radius 3 is 2.73 bits per heavy atom. The third kappa shape index (κ3) is 3.17. The van der Waals surface area contributed by atoms with Gasteiger partial charge in [-0.3, -0.25) is 4.79 Å². The van der Waals surface area contributed by atoms with Gasteiger partial charge in [-0.15, -0.1) is 0 Å². The molecule has 0 saturated carbocycles. The molecule has 1 saturated heterocycles. The number of nitrogens with two attached hydrogens (primary N) is 1. The van der Waals surface area contributed by atoms with Crippen LogP contribution in [0.4, 0.5) is 5.69 Å². The smallest absolute Gasteiger partial charge is 0.246 e. The Labute approximate surface area is 134 Å². The first-order valence-corrected chi connectivity index (χ1v) is 7.63. The van der Waals surface area contributed by atoms with Crippen LogP contribution < -0.4 is 5.73 Å². The fraction of sp³-hybridized carbons (Fsp3) is 0.235. The molecule has 1 aliphatic heterocycles. The zero-order chi connectivity index (χ0) is 15.5. The van der Waals surface area contributed by atoms with Gasteiger partial charge in [0.2, 0.25) is 5.91 Å². The number of rotatable bonds is 3. The largest absolute Gasteiger partial charge is 0.457 e. The molecule has 1 amide bonds. The van der Waals surface area contributed by atoms with Crippen LogP contribution in [0.2, 0.25) is 5.02 Å². The van der Waals surface area contributed by atoms with Gasteiger partial charge in [-0.05, 0) is 49.2 Å². The topological polar surface area (TPSA) is 59.5 Å². The van der Waals surface area contributed by atoms with Gasteiger partial charge in [-0.25, -0.2) is 0 Å². The molecule has 0 bridgehead atoms. The summed E-state index contributed by atoms with van der Waals surface area (Å²) in [5.41, 5.74) is 7.07. The molecule has 2 aromatic rings. The van der Waals surface area contributed by atoms with Crippen LogP contribution in [-0.2, 0) is 4.79 Å². The third-order valence-corrected chi connectivity index (χ3v) is 4.01. The van der Waals surface area contributed by atoms with Crippen molar-refractivity contribution in [2.45, 2.75) is 12.8 Å². The second-order valence-corrected chi connectivity index (χ2v) is 5.71. The lowest BCUT2D eigenvalue weighted by Gasteiger charge is -2.11. The Kier molecular flexibility index (Phi) is 4.20. The Morgan fingerprint density at radius 2 is 2.00 bits per heavy atom. The van der Waals surface area contributed by atoms with Crippen LogP contribution in [0.5, 0.6) is 0 Å². The molecule has 3 rings (SSSR count). The predicted molar refractivity (Wildman–Crippen MR) is 88.4 cm³/mol. The molecule has 1 aromatic carbocycles. The van der Waals surface area contributed by atoms with Crippen molar-refractivity contribution in [3.63, 3.8) is 0 Å². The van der Waals surface area contributed by atoms with E-state index in [9.17, 15) is 4.79 Å². The second-order valence-electron chi connectivity index (χ2n) is 5.31. The summed E-state index contributed by atoms with van der Waals surface area (Å²) < 4.78 is 5.72. The Balaban J connectivity index is 1.74. The van der Waals surface area contributed by atoms with Gasteiger partial charge in [-0.1, -0.05) is 11.6 Å². The zero-order valence-corrected chi connectivity index (χ0v) is 12.8. The Morgan fingerprint density at radius 1 is 1.23 bits per heavy atom. The van der Waals surface area contributed by atoms with Gasteiger partial charge in [0.25, 0.3) is 0 Å². The standard InChI is InChI=1S/C17H17ClN2O2/c18-15-11-12(19)3-6-14(15)16-7-4-13(22-16)5-8-17(21)20-9-1-2-10-20/h3-8,11H,1-2,9-10,19H2/b8-5+. The number of likely N-dealkylation sites (tertiary alicyclic amines) is 1. The van der Waals surface area contributed by atoms with Crippen molar-refractivity contribution in [3.8, 4) is 11.3 Å². The highest BCUT2D eigenvalue weighted by atomic mass is 35.5. The molecule has 0 spiro atoms. The minimum Gasteiger partial charge on any atom is -0.457 e. The number of nitrogen functional groups attached to an aromatic ring is 1. The number of hydrogen-bond donors (Lipinski definition) is 1. The van der Waals surface area contributed by atoms with E-state index in [0.717, 1.165) is 31.5 Å². The molecular formula is C17H17ClN2O2. The van der Waals surface area contributed by atoms with Crippen LogP contribution in [-0.4, -0.2) is 23.9 Å². The average Bonchev–Trinajstić information content (AvgIpc) is 3.16. The highest BCUT2D eigenvalue weighted by molar-refractivity contribution is 6.33. The molecule has 1 aromatic heterocycles. The molecule has 0 unspecified atom stereocenters. The average molecular weight is 317 g/mol. The number of halogens is 1. The van der Waals surface area contributed by atoms with Gasteiger partial charge in [0.1, 0.15) is 11.5 Å². The molecule has 114 valence electrons. The third-order valence-electron chi connectivity index (χ3n) is 3.69. The number of anilines is 1. The maximum absolute atomic E-state index is 11.9. The van der Waals surface area contributed by atoms with E-state index in [-0.39, 0.29) is 5.91 Å². The quantitative estimate of drug-likeness (QED) is 0.691. The van der Waals surface area contributed by atoms with Crippen molar-refractivity contribution >= 4 is 29.3 Å². The van der Waals surface area contributed by atoms with Gasteiger partial charge in [-0.2, -0.15) is 0 Å². The van der Waals surface area contributed by atoms with Crippen molar-refractivity contribution in [2.75, 3.05) is 18.8 Å². The number of hydrogen-bond acceptors (Lipinski definition) is 3. The summed E-state index contributed by atoms with van der Waals surface area (Å²) in [5, 5.41) is 0.540. The fourth-order valence-electron chi connectivity index (χ4n) is 2.51. The van der Waals surface area contributed by atoms with Crippen LogP contribution in [0.25, 0.3) is 17.4 Å². The van der Waals surface area contributed by atoms with E-state index in [1.54, 1.807) is 24.3 Å². The van der Waals surface area contributed by atoms with Crippen molar-refractivity contribution in [1.29, 1.82) is 0 Å². The van der Waals surface area contributed by atoms with Crippen molar-refractivity contribution in [3.05, 3.63) is 47.2 Å². The summed E-state index contributed by atoms with van der Waals surface area (Å²) in [6, 6.07) is 8.93. The highest BCUT2D eigenvalue weighted by Gasteiger charge is 2.15. The minimum absolute atomic E-state index is 0.0287. The molecule has 4 nitrogen and oxygen atoms in total. The lowest BCUT2D eigenvalue weighted by molar-refractivity contribution is -0.124. The number of amides is 1. The van der Waals surface area contributed by atoms with Gasteiger partial charge >= 0.3 is 0 Å². The maximum atomic E-state index is 11.9. The van der Waals surface area contributed by atoms with E-state index in [1.165, 1.54) is 0 Å². The number of carbonyl (C=O) groups excluding carboxylic acids is 1. The highest BCUT2D eigenvalue weighted by Crippen LogP contribution is 2.31. The first kappa shape index (κ1) is 14.7. The molecule has 0 radical (unpaired) electrons. The van der Waals surface area contributed by atoms with Crippen LogP contribution >= 0.6 is 11.6 Å². The molecule has 5 heteroatoms. The van der Waals surface area contributed by atoms with Gasteiger partial charge in [0, 0.05) is 30.4 Å². The van der Waals surface area contributed by atoms with Crippen molar-refractivity contribution < 1.29 is 9.21 Å². The van der Waals surface area contributed by atoms with Gasteiger partial charge < -0.3 is 15.1 Å². The summed E-state index contributed by atoms with van der Waals surface area (Å²) in [7, 11) is 0. The molecule has 2 heterocycles. The first-order valence-electron chi connectivity index (χ1n) is 7.26. The van der Waals surface area contributed by atoms with Crippen molar-refractivity contribution in [1.82, 2.24) is 4.90 Å². The monoisotopic (exact) mass is 316 g/mol. The van der Waals surface area contributed by atoms with Crippen LogP contribution in [0.15, 0.2) is 40.8 Å². The second kappa shape index (κ2) is 6.28. The molecule has 2 N–H and O–H groups in total. The van der Waals surface area contributed by atoms with E-state index >= 15 is 0 Å². The van der Waals surface area contributed by atoms with Crippen LogP contribution in [0.1, 0.15) is 18.6 Å². The van der Waals surface area contributed by atoms with E-state index in [0.29, 0.717) is 22.2 Å². The van der Waals surface area contributed by atoms with Crippen molar-refractivity contribution in [2.24, 2.45) is 0 Å². The number of carbonyl (C=O) groups is 1. The molecular weight excluding hydrogens is 300 g/mol. The maximum Gasteiger partial charge on any atom is 0.246 e. The van der Waals surface area contributed by atoms with E-state index in [2.05, 4.69) is 0 Å².